The van der Waals surface area contributed by atoms with Crippen molar-refractivity contribution in [3.05, 3.63) is 65.2 Å². The van der Waals surface area contributed by atoms with E-state index in [4.69, 9.17) is 29.2 Å². The summed E-state index contributed by atoms with van der Waals surface area (Å²) >= 11 is 0. The van der Waals surface area contributed by atoms with Crippen LogP contribution in [-0.2, 0) is 13.0 Å². The van der Waals surface area contributed by atoms with E-state index in [9.17, 15) is 4.79 Å². The van der Waals surface area contributed by atoms with E-state index in [0.717, 1.165) is 41.3 Å². The van der Waals surface area contributed by atoms with Crippen molar-refractivity contribution < 1.29 is 34.0 Å². The molecule has 2 N–H and O–H groups in total. The highest BCUT2D eigenvalue weighted by Crippen LogP contribution is 2.46. The Morgan fingerprint density at radius 1 is 0.769 bits per heavy atom. The van der Waals surface area contributed by atoms with Crippen molar-refractivity contribution in [1.29, 1.82) is 0 Å². The summed E-state index contributed by atoms with van der Waals surface area (Å²) in [5.41, 5.74) is 3.01. The molecule has 2 aliphatic rings. The Morgan fingerprint density at radius 2 is 1.26 bits per heavy atom. The summed E-state index contributed by atoms with van der Waals surface area (Å²) in [5, 5.41) is 22.0. The molecule has 1 saturated heterocycles. The number of carboxylic acids is 1. The molecule has 2 aliphatic heterocycles. The first-order valence-electron chi connectivity index (χ1n) is 12.9. The minimum absolute atomic E-state index is 0.0741. The topological polar surface area (TPSA) is 97.7 Å². The molecule has 4 aromatic rings. The summed E-state index contributed by atoms with van der Waals surface area (Å²) < 4.78 is 22.5. The van der Waals surface area contributed by atoms with Gasteiger partial charge in [0.25, 0.3) is 0 Å². The van der Waals surface area contributed by atoms with Crippen molar-refractivity contribution in [3.63, 3.8) is 0 Å². The van der Waals surface area contributed by atoms with Crippen LogP contribution in [0.3, 0.4) is 0 Å². The van der Waals surface area contributed by atoms with E-state index in [-0.39, 0.29) is 11.3 Å². The summed E-state index contributed by atoms with van der Waals surface area (Å²) in [7, 11) is 6.76. The van der Waals surface area contributed by atoms with E-state index in [2.05, 4.69) is 29.2 Å². The van der Waals surface area contributed by atoms with Crippen LogP contribution in [0.25, 0.3) is 21.5 Å². The van der Waals surface area contributed by atoms with Crippen LogP contribution in [0.2, 0.25) is 0 Å². The summed E-state index contributed by atoms with van der Waals surface area (Å²) in [6.45, 7) is 2.17. The smallest absolute Gasteiger partial charge is 0.335 e. The first-order chi connectivity index (χ1) is 18.9. The molecule has 0 radical (unpaired) electrons. The van der Waals surface area contributed by atoms with Gasteiger partial charge in [0.15, 0.2) is 23.0 Å². The zero-order chi connectivity index (χ0) is 27.7. The highest BCUT2D eigenvalue weighted by Gasteiger charge is 2.33. The molecular formula is C31H33NO7. The van der Waals surface area contributed by atoms with Crippen LogP contribution in [0.5, 0.6) is 28.7 Å². The predicted molar refractivity (Wildman–Crippen MR) is 150 cm³/mol. The molecule has 39 heavy (non-hydrogen) atoms. The van der Waals surface area contributed by atoms with Gasteiger partial charge < -0.3 is 29.2 Å². The van der Waals surface area contributed by atoms with Gasteiger partial charge in [0.1, 0.15) is 5.75 Å². The summed E-state index contributed by atoms with van der Waals surface area (Å²) in [5.74, 6) is 2.12. The lowest BCUT2D eigenvalue weighted by atomic mass is 9.85. The predicted octanol–water partition coefficient (Wildman–Crippen LogP) is 5.64. The molecule has 0 bridgehead atoms. The Balaban J connectivity index is 0.000000261. The maximum atomic E-state index is 10.2. The molecule has 1 fully saturated rings. The van der Waals surface area contributed by atoms with Gasteiger partial charge in [-0.05, 0) is 107 Å². The number of rotatable bonds is 5. The lowest BCUT2D eigenvalue weighted by Gasteiger charge is -2.33. The number of fused-ring (bicyclic) bond motifs is 7. The second kappa shape index (κ2) is 10.9. The number of hydrogen-bond acceptors (Lipinski definition) is 7. The van der Waals surface area contributed by atoms with E-state index in [1.807, 2.05) is 0 Å². The quantitative estimate of drug-likeness (QED) is 0.320. The number of phenolic OH excluding ortho intramolecular Hbond substituents is 1. The monoisotopic (exact) mass is 531 g/mol. The summed E-state index contributed by atoms with van der Waals surface area (Å²) in [4.78, 5) is 12.9. The van der Waals surface area contributed by atoms with Gasteiger partial charge in [-0.15, -0.1) is 0 Å². The Hall–Kier alpha value is -4.17. The first-order valence-corrected chi connectivity index (χ1v) is 12.9. The lowest BCUT2D eigenvalue weighted by Crippen LogP contribution is -2.35. The number of aromatic carboxylic acids is 1. The Morgan fingerprint density at radius 3 is 1.74 bits per heavy atom. The number of benzene rings is 4. The molecule has 204 valence electrons. The van der Waals surface area contributed by atoms with Crippen molar-refractivity contribution in [1.82, 2.24) is 4.90 Å². The van der Waals surface area contributed by atoms with Gasteiger partial charge in [-0.2, -0.15) is 0 Å². The first kappa shape index (κ1) is 26.4. The van der Waals surface area contributed by atoms with Crippen LogP contribution in [0.4, 0.5) is 0 Å². The number of carbonyl (C=O) groups is 1. The van der Waals surface area contributed by atoms with Crippen molar-refractivity contribution >= 4 is 27.5 Å². The largest absolute Gasteiger partial charge is 0.508 e. The van der Waals surface area contributed by atoms with Crippen molar-refractivity contribution in [2.75, 3.05) is 35.0 Å². The fourth-order valence-electron chi connectivity index (χ4n) is 5.82. The molecule has 0 aliphatic carbocycles. The van der Waals surface area contributed by atoms with Gasteiger partial charge in [0, 0.05) is 12.6 Å². The fraction of sp³-hybridized carbons (Fsp3) is 0.323. The SMILES string of the molecule is COc1cc2c3c(c4cc(OC)c(OC)cc4c2cc1OC)CN1CCCC1C3.O=C(O)c1ccc(O)cc1. The molecule has 8 nitrogen and oxygen atoms in total. The van der Waals surface area contributed by atoms with Gasteiger partial charge in [-0.25, -0.2) is 4.79 Å². The summed E-state index contributed by atoms with van der Waals surface area (Å²) in [6.07, 6.45) is 3.63. The van der Waals surface area contributed by atoms with E-state index in [1.54, 1.807) is 28.4 Å². The zero-order valence-electron chi connectivity index (χ0n) is 22.6. The normalized spacial score (nSPS) is 16.2. The molecule has 0 aromatic heterocycles. The third-order valence-corrected chi connectivity index (χ3v) is 7.77. The number of aromatic hydroxyl groups is 1. The molecular weight excluding hydrogens is 498 g/mol. The second-order valence-corrected chi connectivity index (χ2v) is 9.79. The van der Waals surface area contributed by atoms with Gasteiger partial charge in [0.2, 0.25) is 0 Å². The zero-order valence-corrected chi connectivity index (χ0v) is 22.6. The van der Waals surface area contributed by atoms with Gasteiger partial charge in [0.05, 0.1) is 34.0 Å². The van der Waals surface area contributed by atoms with Crippen molar-refractivity contribution in [2.45, 2.75) is 31.8 Å². The van der Waals surface area contributed by atoms with E-state index >= 15 is 0 Å². The fourth-order valence-corrected chi connectivity index (χ4v) is 5.82. The maximum absolute atomic E-state index is 10.2. The molecule has 1 atom stereocenters. The van der Waals surface area contributed by atoms with Crippen LogP contribution in [0.1, 0.15) is 34.3 Å². The molecule has 0 saturated carbocycles. The molecule has 0 amide bonds. The highest BCUT2D eigenvalue weighted by atomic mass is 16.5. The van der Waals surface area contributed by atoms with E-state index in [0.29, 0.717) is 6.04 Å². The van der Waals surface area contributed by atoms with Crippen LogP contribution in [0, 0.1) is 0 Å². The van der Waals surface area contributed by atoms with E-state index < -0.39 is 5.97 Å². The highest BCUT2D eigenvalue weighted by molar-refractivity contribution is 6.13. The molecule has 2 heterocycles. The van der Waals surface area contributed by atoms with Crippen LogP contribution in [0.15, 0.2) is 48.5 Å². The Kier molecular flexibility index (Phi) is 7.39. The van der Waals surface area contributed by atoms with Crippen molar-refractivity contribution in [2.24, 2.45) is 0 Å². The van der Waals surface area contributed by atoms with Crippen molar-refractivity contribution in [3.8, 4) is 28.7 Å². The number of phenols is 1. The lowest BCUT2D eigenvalue weighted by molar-refractivity contribution is 0.0697. The van der Waals surface area contributed by atoms with Crippen LogP contribution in [-0.4, -0.2) is 62.1 Å². The van der Waals surface area contributed by atoms with Gasteiger partial charge in [-0.1, -0.05) is 0 Å². The minimum atomic E-state index is -0.986. The molecule has 4 aromatic carbocycles. The van der Waals surface area contributed by atoms with Crippen LogP contribution < -0.4 is 18.9 Å². The second-order valence-electron chi connectivity index (χ2n) is 9.79. The molecule has 0 spiro atoms. The number of carboxylic acid groups (broad SMARTS) is 1. The van der Waals surface area contributed by atoms with Gasteiger partial charge >= 0.3 is 5.97 Å². The third-order valence-electron chi connectivity index (χ3n) is 7.77. The Bertz CT molecular complexity index is 1440. The number of ether oxygens (including phenoxy) is 4. The summed E-state index contributed by atoms with van der Waals surface area (Å²) in [6, 6.07) is 14.5. The van der Waals surface area contributed by atoms with E-state index in [1.165, 1.54) is 70.9 Å². The maximum Gasteiger partial charge on any atom is 0.335 e. The molecule has 1 unspecified atom stereocenters. The molecule has 6 rings (SSSR count). The van der Waals surface area contributed by atoms with Crippen LogP contribution >= 0.6 is 0 Å². The minimum Gasteiger partial charge on any atom is -0.508 e. The Labute approximate surface area is 227 Å². The average Bonchev–Trinajstić information content (AvgIpc) is 3.43. The standard InChI is InChI=1S/C24H27NO4.C7H6O3/c1-26-21-9-16-15-8-14-6-5-7-25(14)13-20(15)19-12-24(29-4)23(28-3)11-18(19)17(16)10-22(21)27-2;8-6-3-1-5(2-4-6)7(9)10/h9-12,14H,5-8,13H2,1-4H3;1-4,8H,(H,9,10). The number of methoxy groups -OCH3 is 4. The number of nitrogens with zero attached hydrogens (tertiary/aromatic N) is 1. The third kappa shape index (κ3) is 4.88. The average molecular weight is 532 g/mol. The number of hydrogen-bond donors (Lipinski definition) is 2. The molecule has 8 heteroatoms. The van der Waals surface area contributed by atoms with Gasteiger partial charge in [-0.3, -0.25) is 4.90 Å².